The Balaban J connectivity index is 2.11. The van der Waals surface area contributed by atoms with Crippen LogP contribution in [0.5, 0.6) is 0 Å². The fourth-order valence-electron chi connectivity index (χ4n) is 2.26. The van der Waals surface area contributed by atoms with E-state index in [0.29, 0.717) is 29.5 Å². The summed E-state index contributed by atoms with van der Waals surface area (Å²) in [5.74, 6) is 0.432. The number of H-pyrrole nitrogens is 1. The van der Waals surface area contributed by atoms with Gasteiger partial charge >= 0.3 is 0 Å². The number of hydrogen-bond acceptors (Lipinski definition) is 5. The molecule has 0 aliphatic heterocycles. The zero-order valence-corrected chi connectivity index (χ0v) is 11.9. The largest absolute Gasteiger partial charge is 0.396 e. The third-order valence-electron chi connectivity index (χ3n) is 3.26. The number of anilines is 1. The van der Waals surface area contributed by atoms with Crippen LogP contribution < -0.4 is 5.73 Å². The average molecular weight is 304 g/mol. The first-order valence-electron chi connectivity index (χ1n) is 6.55. The molecular formula is C14H14ClN5O. The molecule has 4 N–H and O–H groups in total. The van der Waals surface area contributed by atoms with Gasteiger partial charge in [0.05, 0.1) is 11.1 Å². The van der Waals surface area contributed by atoms with Crippen LogP contribution in [0.3, 0.4) is 0 Å². The zero-order chi connectivity index (χ0) is 14.8. The number of halogens is 1. The fourth-order valence-corrected chi connectivity index (χ4v) is 2.43. The summed E-state index contributed by atoms with van der Waals surface area (Å²) in [4.78, 5) is 15.7. The van der Waals surface area contributed by atoms with E-state index >= 15 is 0 Å². The van der Waals surface area contributed by atoms with E-state index in [2.05, 4.69) is 19.9 Å². The Morgan fingerprint density at radius 2 is 2.14 bits per heavy atom. The summed E-state index contributed by atoms with van der Waals surface area (Å²) < 4.78 is 0. The number of aliphatic hydroxyl groups excluding tert-OH is 1. The second-order valence-electron chi connectivity index (χ2n) is 4.66. The van der Waals surface area contributed by atoms with Crippen molar-refractivity contribution >= 4 is 28.5 Å². The van der Waals surface area contributed by atoms with E-state index in [0.717, 1.165) is 22.3 Å². The number of aliphatic hydroxyl groups is 1. The van der Waals surface area contributed by atoms with Gasteiger partial charge in [-0.3, -0.25) is 0 Å². The minimum Gasteiger partial charge on any atom is -0.396 e. The normalized spacial score (nSPS) is 11.1. The van der Waals surface area contributed by atoms with Crippen LogP contribution in [-0.4, -0.2) is 31.6 Å². The number of nitrogens with zero attached hydrogens (tertiary/aromatic N) is 3. The summed E-state index contributed by atoms with van der Waals surface area (Å²) in [5.41, 5.74) is 9.14. The van der Waals surface area contributed by atoms with Crippen molar-refractivity contribution in [2.24, 2.45) is 0 Å². The van der Waals surface area contributed by atoms with E-state index < -0.39 is 0 Å². The van der Waals surface area contributed by atoms with Gasteiger partial charge in [-0.1, -0.05) is 11.6 Å². The molecule has 0 aromatic carbocycles. The van der Waals surface area contributed by atoms with Crippen molar-refractivity contribution in [3.8, 4) is 11.3 Å². The molecule has 0 saturated carbocycles. The number of aryl methyl sites for hydroxylation is 1. The molecule has 21 heavy (non-hydrogen) atoms. The lowest BCUT2D eigenvalue weighted by Crippen LogP contribution is -1.97. The highest BCUT2D eigenvalue weighted by Crippen LogP contribution is 2.28. The summed E-state index contributed by atoms with van der Waals surface area (Å²) in [6.45, 7) is 0.110. The molecule has 6 nitrogen and oxygen atoms in total. The summed E-state index contributed by atoms with van der Waals surface area (Å²) in [7, 11) is 0. The second-order valence-corrected chi connectivity index (χ2v) is 5.05. The van der Waals surface area contributed by atoms with Gasteiger partial charge in [0.15, 0.2) is 0 Å². The number of fused-ring (bicyclic) bond motifs is 1. The van der Waals surface area contributed by atoms with Gasteiger partial charge in [-0.15, -0.1) is 0 Å². The van der Waals surface area contributed by atoms with Crippen molar-refractivity contribution in [1.82, 2.24) is 19.9 Å². The predicted octanol–water partition coefficient (Wildman–Crippen LogP) is 2.18. The first-order chi connectivity index (χ1) is 10.2. The van der Waals surface area contributed by atoms with Crippen LogP contribution in [0.15, 0.2) is 24.5 Å². The number of aromatic amines is 1. The van der Waals surface area contributed by atoms with E-state index in [9.17, 15) is 0 Å². The van der Waals surface area contributed by atoms with E-state index in [-0.39, 0.29) is 6.61 Å². The first-order valence-corrected chi connectivity index (χ1v) is 6.92. The second kappa shape index (κ2) is 5.67. The van der Waals surface area contributed by atoms with Gasteiger partial charge in [0.2, 0.25) is 0 Å². The third-order valence-corrected chi connectivity index (χ3v) is 3.47. The molecule has 0 saturated heterocycles. The van der Waals surface area contributed by atoms with Gasteiger partial charge in [0.25, 0.3) is 0 Å². The van der Waals surface area contributed by atoms with Gasteiger partial charge in [-0.2, -0.15) is 0 Å². The highest BCUT2D eigenvalue weighted by Gasteiger charge is 2.12. The van der Waals surface area contributed by atoms with Crippen LogP contribution >= 0.6 is 11.6 Å². The smallest absolute Gasteiger partial charge is 0.143 e. The minimum absolute atomic E-state index is 0.110. The Morgan fingerprint density at radius 1 is 1.29 bits per heavy atom. The molecule has 0 spiro atoms. The SMILES string of the molecule is Nc1ncnc2[nH]c(-c3ccc(Cl)nc3CCCO)cc12. The number of pyridine rings is 1. The minimum atomic E-state index is 0.110. The maximum Gasteiger partial charge on any atom is 0.143 e. The molecule has 3 heterocycles. The van der Waals surface area contributed by atoms with Gasteiger partial charge in [-0.25, -0.2) is 15.0 Å². The third kappa shape index (κ3) is 2.68. The number of hydrogen-bond donors (Lipinski definition) is 3. The molecule has 0 amide bonds. The quantitative estimate of drug-likeness (QED) is 0.641. The van der Waals surface area contributed by atoms with Crippen molar-refractivity contribution in [3.05, 3.63) is 35.4 Å². The Morgan fingerprint density at radius 3 is 2.90 bits per heavy atom. The van der Waals surface area contributed by atoms with E-state index in [1.165, 1.54) is 6.33 Å². The van der Waals surface area contributed by atoms with Crippen molar-refractivity contribution < 1.29 is 5.11 Å². The van der Waals surface area contributed by atoms with Crippen LogP contribution in [0.25, 0.3) is 22.3 Å². The van der Waals surface area contributed by atoms with Crippen molar-refractivity contribution in [3.63, 3.8) is 0 Å². The monoisotopic (exact) mass is 303 g/mol. The Kier molecular flexibility index (Phi) is 3.72. The summed E-state index contributed by atoms with van der Waals surface area (Å²) in [6.07, 6.45) is 2.69. The lowest BCUT2D eigenvalue weighted by molar-refractivity contribution is 0.288. The van der Waals surface area contributed by atoms with Crippen LogP contribution in [0.4, 0.5) is 5.82 Å². The molecule has 3 aromatic heterocycles. The van der Waals surface area contributed by atoms with Crippen LogP contribution in [0, 0.1) is 0 Å². The molecule has 3 aromatic rings. The molecule has 0 aliphatic carbocycles. The van der Waals surface area contributed by atoms with E-state index in [4.69, 9.17) is 22.4 Å². The molecule has 3 rings (SSSR count). The van der Waals surface area contributed by atoms with Gasteiger partial charge in [-0.05, 0) is 31.0 Å². The molecular weight excluding hydrogens is 290 g/mol. The maximum atomic E-state index is 9.01. The standard InChI is InChI=1S/C14H14ClN5O/c15-12-4-3-8(10(19-12)2-1-5-21)11-6-9-13(16)17-7-18-14(9)20-11/h3-4,6-7,21H,1-2,5H2,(H3,16,17,18,20). The molecule has 7 heteroatoms. The number of nitrogen functional groups attached to an aromatic ring is 1. The number of aromatic nitrogens is 4. The summed E-state index contributed by atoms with van der Waals surface area (Å²) in [5, 5.41) is 10.2. The molecule has 0 radical (unpaired) electrons. The van der Waals surface area contributed by atoms with Crippen LogP contribution in [0.1, 0.15) is 12.1 Å². The van der Waals surface area contributed by atoms with Gasteiger partial charge in [0, 0.05) is 17.9 Å². The fraction of sp³-hybridized carbons (Fsp3) is 0.214. The van der Waals surface area contributed by atoms with Crippen molar-refractivity contribution in [2.75, 3.05) is 12.3 Å². The number of rotatable bonds is 4. The van der Waals surface area contributed by atoms with Gasteiger partial charge < -0.3 is 15.8 Å². The number of nitrogens with two attached hydrogens (primary N) is 1. The lowest BCUT2D eigenvalue weighted by atomic mass is 10.1. The van der Waals surface area contributed by atoms with Crippen LogP contribution in [-0.2, 0) is 6.42 Å². The molecule has 0 fully saturated rings. The average Bonchev–Trinajstić information content (AvgIpc) is 2.90. The van der Waals surface area contributed by atoms with Crippen molar-refractivity contribution in [1.29, 1.82) is 0 Å². The molecule has 0 bridgehead atoms. The highest BCUT2D eigenvalue weighted by molar-refractivity contribution is 6.29. The summed E-state index contributed by atoms with van der Waals surface area (Å²) in [6, 6.07) is 5.54. The van der Waals surface area contributed by atoms with Crippen molar-refractivity contribution in [2.45, 2.75) is 12.8 Å². The Labute approximate surface area is 126 Å². The number of nitrogens with one attached hydrogen (secondary N) is 1. The predicted molar refractivity (Wildman–Crippen MR) is 81.9 cm³/mol. The highest BCUT2D eigenvalue weighted by atomic mass is 35.5. The molecule has 0 unspecified atom stereocenters. The zero-order valence-electron chi connectivity index (χ0n) is 11.2. The van der Waals surface area contributed by atoms with E-state index in [1.54, 1.807) is 6.07 Å². The lowest BCUT2D eigenvalue weighted by Gasteiger charge is -2.07. The Bertz CT molecular complexity index is 786. The maximum absolute atomic E-state index is 9.01. The van der Waals surface area contributed by atoms with Gasteiger partial charge in [0.1, 0.15) is 22.9 Å². The molecule has 0 atom stereocenters. The first kappa shape index (κ1) is 13.8. The Hall–Kier alpha value is -2.18. The summed E-state index contributed by atoms with van der Waals surface area (Å²) >= 11 is 5.96. The molecule has 0 aliphatic rings. The van der Waals surface area contributed by atoms with Crippen LogP contribution in [0.2, 0.25) is 5.15 Å². The molecule has 108 valence electrons. The van der Waals surface area contributed by atoms with E-state index in [1.807, 2.05) is 12.1 Å². The topological polar surface area (TPSA) is 101 Å².